The summed E-state index contributed by atoms with van der Waals surface area (Å²) in [6, 6.07) is 5.66. The molecule has 1 aliphatic carbocycles. The maximum Gasteiger partial charge on any atom is 0.233 e. The number of aliphatic hydroxyl groups is 1. The minimum atomic E-state index is -0.393. The Morgan fingerprint density at radius 1 is 1.53 bits per heavy atom. The fourth-order valence-corrected chi connectivity index (χ4v) is 3.20. The Kier molecular flexibility index (Phi) is 4.82. The van der Waals surface area contributed by atoms with Gasteiger partial charge in [-0.1, -0.05) is 30.7 Å². The molecule has 0 bridgehead atoms. The predicted molar refractivity (Wildman–Crippen MR) is 76.0 cm³/mol. The first-order chi connectivity index (χ1) is 9.15. The van der Waals surface area contributed by atoms with Crippen molar-refractivity contribution in [2.24, 2.45) is 0 Å². The molecule has 19 heavy (non-hydrogen) atoms. The Bertz CT molecular complexity index is 419. The van der Waals surface area contributed by atoms with Crippen LogP contribution in [-0.4, -0.2) is 33.4 Å². The quantitative estimate of drug-likeness (QED) is 0.810. The Balaban J connectivity index is 1.92. The summed E-state index contributed by atoms with van der Waals surface area (Å²) in [4.78, 5) is 16.4. The predicted octanol–water partition coefficient (Wildman–Crippen LogP) is 1.98. The third-order valence-corrected chi connectivity index (χ3v) is 4.61. The summed E-state index contributed by atoms with van der Waals surface area (Å²) < 4.78 is 0. The fourth-order valence-electron chi connectivity index (χ4n) is 2.39. The van der Waals surface area contributed by atoms with E-state index >= 15 is 0 Å². The summed E-state index contributed by atoms with van der Waals surface area (Å²) in [5, 5.41) is 13.2. The monoisotopic (exact) mass is 280 g/mol. The van der Waals surface area contributed by atoms with Crippen molar-refractivity contribution in [3.8, 4) is 0 Å². The van der Waals surface area contributed by atoms with E-state index in [2.05, 4.69) is 10.3 Å². The SMILES string of the molecule is CC(Sc1ccccn1)C(=O)NC1(CO)CCCC1. The lowest BCUT2D eigenvalue weighted by Gasteiger charge is -2.29. The highest BCUT2D eigenvalue weighted by Crippen LogP contribution is 2.30. The van der Waals surface area contributed by atoms with Crippen molar-refractivity contribution in [3.63, 3.8) is 0 Å². The molecule has 1 unspecified atom stereocenters. The molecule has 1 aromatic rings. The Labute approximate surface area is 118 Å². The van der Waals surface area contributed by atoms with Gasteiger partial charge in [-0.15, -0.1) is 0 Å². The van der Waals surface area contributed by atoms with Crippen LogP contribution in [0.15, 0.2) is 29.4 Å². The van der Waals surface area contributed by atoms with E-state index in [0.717, 1.165) is 30.7 Å². The summed E-state index contributed by atoms with van der Waals surface area (Å²) in [5.41, 5.74) is -0.393. The number of aliphatic hydroxyl groups excluding tert-OH is 1. The van der Waals surface area contributed by atoms with Crippen LogP contribution in [-0.2, 0) is 4.79 Å². The van der Waals surface area contributed by atoms with E-state index in [4.69, 9.17) is 0 Å². The van der Waals surface area contributed by atoms with Crippen molar-refractivity contribution in [1.29, 1.82) is 0 Å². The van der Waals surface area contributed by atoms with E-state index in [-0.39, 0.29) is 17.8 Å². The fraction of sp³-hybridized carbons (Fsp3) is 0.571. The number of carbonyl (C=O) groups is 1. The van der Waals surface area contributed by atoms with E-state index in [1.165, 1.54) is 11.8 Å². The van der Waals surface area contributed by atoms with Gasteiger partial charge in [0.2, 0.25) is 5.91 Å². The van der Waals surface area contributed by atoms with Crippen molar-refractivity contribution in [2.75, 3.05) is 6.61 Å². The molecule has 0 aliphatic heterocycles. The number of carbonyl (C=O) groups excluding carboxylic acids is 1. The van der Waals surface area contributed by atoms with Crippen LogP contribution in [0.2, 0.25) is 0 Å². The third kappa shape index (κ3) is 3.70. The summed E-state index contributed by atoms with van der Waals surface area (Å²) in [6.07, 6.45) is 5.61. The molecule has 1 saturated carbocycles. The number of nitrogens with zero attached hydrogens (tertiary/aromatic N) is 1. The molecular weight excluding hydrogens is 260 g/mol. The zero-order chi connectivity index (χ0) is 13.7. The van der Waals surface area contributed by atoms with E-state index in [0.29, 0.717) is 0 Å². The molecule has 104 valence electrons. The zero-order valence-corrected chi connectivity index (χ0v) is 11.9. The molecule has 5 heteroatoms. The van der Waals surface area contributed by atoms with E-state index in [9.17, 15) is 9.90 Å². The van der Waals surface area contributed by atoms with Crippen molar-refractivity contribution in [3.05, 3.63) is 24.4 Å². The van der Waals surface area contributed by atoms with Crippen molar-refractivity contribution in [2.45, 2.75) is 48.4 Å². The van der Waals surface area contributed by atoms with Gasteiger partial charge in [-0.3, -0.25) is 4.79 Å². The molecule has 0 radical (unpaired) electrons. The van der Waals surface area contributed by atoms with Crippen LogP contribution in [0.3, 0.4) is 0 Å². The largest absolute Gasteiger partial charge is 0.394 e. The lowest BCUT2D eigenvalue weighted by Crippen LogP contribution is -2.51. The average molecular weight is 280 g/mol. The van der Waals surface area contributed by atoms with Gasteiger partial charge in [0.1, 0.15) is 0 Å². The first-order valence-corrected chi connectivity index (χ1v) is 7.54. The van der Waals surface area contributed by atoms with E-state index < -0.39 is 5.54 Å². The highest BCUT2D eigenvalue weighted by atomic mass is 32.2. The number of thioether (sulfide) groups is 1. The second-order valence-corrected chi connectivity index (χ2v) is 6.42. The van der Waals surface area contributed by atoms with Crippen LogP contribution in [0.25, 0.3) is 0 Å². The molecule has 1 amide bonds. The maximum atomic E-state index is 12.2. The highest BCUT2D eigenvalue weighted by molar-refractivity contribution is 8.00. The molecule has 1 aliphatic rings. The molecule has 1 atom stereocenters. The van der Waals surface area contributed by atoms with Crippen molar-refractivity contribution in [1.82, 2.24) is 10.3 Å². The summed E-state index contributed by atoms with van der Waals surface area (Å²) in [5.74, 6) is -0.0217. The van der Waals surface area contributed by atoms with Crippen LogP contribution in [0.1, 0.15) is 32.6 Å². The Hall–Kier alpha value is -1.07. The summed E-state index contributed by atoms with van der Waals surface area (Å²) in [7, 11) is 0. The smallest absolute Gasteiger partial charge is 0.233 e. The molecular formula is C14H20N2O2S. The lowest BCUT2D eigenvalue weighted by molar-refractivity contribution is -0.122. The van der Waals surface area contributed by atoms with Gasteiger partial charge >= 0.3 is 0 Å². The summed E-state index contributed by atoms with van der Waals surface area (Å²) in [6.45, 7) is 1.90. The van der Waals surface area contributed by atoms with Gasteiger partial charge in [-0.25, -0.2) is 4.98 Å². The van der Waals surface area contributed by atoms with Gasteiger partial charge in [0.15, 0.2) is 0 Å². The van der Waals surface area contributed by atoms with Gasteiger partial charge in [-0.2, -0.15) is 0 Å². The number of rotatable bonds is 5. The minimum absolute atomic E-state index is 0.0217. The average Bonchev–Trinajstić information content (AvgIpc) is 2.89. The standard InChI is InChI=1S/C14H20N2O2S/c1-11(19-12-6-2-5-9-15-12)13(18)16-14(10-17)7-3-4-8-14/h2,5-6,9,11,17H,3-4,7-8,10H2,1H3,(H,16,18). The number of hydrogen-bond acceptors (Lipinski definition) is 4. The van der Waals surface area contributed by atoms with Gasteiger partial charge in [-0.05, 0) is 31.9 Å². The number of hydrogen-bond donors (Lipinski definition) is 2. The van der Waals surface area contributed by atoms with Crippen LogP contribution in [0.5, 0.6) is 0 Å². The molecule has 0 spiro atoms. The maximum absolute atomic E-state index is 12.2. The minimum Gasteiger partial charge on any atom is -0.394 e. The van der Waals surface area contributed by atoms with Gasteiger partial charge in [0, 0.05) is 6.20 Å². The molecule has 1 fully saturated rings. The van der Waals surface area contributed by atoms with Crippen LogP contribution < -0.4 is 5.32 Å². The molecule has 1 heterocycles. The first kappa shape index (κ1) is 14.3. The number of amides is 1. The normalized spacial score (nSPS) is 19.1. The Morgan fingerprint density at radius 2 is 2.26 bits per heavy atom. The topological polar surface area (TPSA) is 62.2 Å². The highest BCUT2D eigenvalue weighted by Gasteiger charge is 2.35. The van der Waals surface area contributed by atoms with Gasteiger partial charge in [0.25, 0.3) is 0 Å². The van der Waals surface area contributed by atoms with Gasteiger partial charge < -0.3 is 10.4 Å². The van der Waals surface area contributed by atoms with Crippen molar-refractivity contribution >= 4 is 17.7 Å². The number of nitrogens with one attached hydrogen (secondary N) is 1. The van der Waals surface area contributed by atoms with E-state index in [1.807, 2.05) is 25.1 Å². The molecule has 2 rings (SSSR count). The summed E-state index contributed by atoms with van der Waals surface area (Å²) >= 11 is 1.44. The molecule has 4 nitrogen and oxygen atoms in total. The van der Waals surface area contributed by atoms with Crippen molar-refractivity contribution < 1.29 is 9.90 Å². The molecule has 0 aromatic carbocycles. The molecule has 2 N–H and O–H groups in total. The Morgan fingerprint density at radius 3 is 2.84 bits per heavy atom. The zero-order valence-electron chi connectivity index (χ0n) is 11.1. The van der Waals surface area contributed by atoms with E-state index in [1.54, 1.807) is 6.20 Å². The first-order valence-electron chi connectivity index (χ1n) is 6.66. The lowest BCUT2D eigenvalue weighted by atomic mass is 9.99. The molecule has 1 aromatic heterocycles. The van der Waals surface area contributed by atoms with Gasteiger partial charge in [0.05, 0.1) is 22.4 Å². The molecule has 0 saturated heterocycles. The second kappa shape index (κ2) is 6.39. The number of aromatic nitrogens is 1. The number of pyridine rings is 1. The second-order valence-electron chi connectivity index (χ2n) is 5.06. The van der Waals surface area contributed by atoms with Crippen LogP contribution in [0.4, 0.5) is 0 Å². The van der Waals surface area contributed by atoms with Crippen LogP contribution >= 0.6 is 11.8 Å². The third-order valence-electron chi connectivity index (χ3n) is 3.56. The van der Waals surface area contributed by atoms with Crippen LogP contribution in [0, 0.1) is 0 Å².